The summed E-state index contributed by atoms with van der Waals surface area (Å²) in [5, 5.41) is 10.2. The smallest absolute Gasteiger partial charge is 0.305 e. The second kappa shape index (κ2) is 8.97. The van der Waals surface area contributed by atoms with Crippen molar-refractivity contribution in [2.45, 2.75) is 65.7 Å². The van der Waals surface area contributed by atoms with Crippen LogP contribution in [0.3, 0.4) is 0 Å². The highest BCUT2D eigenvalue weighted by molar-refractivity contribution is 6.35. The largest absolute Gasteiger partial charge is 0.495 e. The molecule has 1 aromatic rings. The summed E-state index contributed by atoms with van der Waals surface area (Å²) in [5.41, 5.74) is 2.62. The van der Waals surface area contributed by atoms with Gasteiger partial charge in [-0.2, -0.15) is 0 Å². The molecule has 8 heteroatoms. The minimum atomic E-state index is -0.928. The number of ether oxygens (including phenoxy) is 1. The summed E-state index contributed by atoms with van der Waals surface area (Å²) in [5.74, 6) is -1.32. The fourth-order valence-electron chi connectivity index (χ4n) is 5.85. The Morgan fingerprint density at radius 1 is 1.00 bits per heavy atom. The Hall–Kier alpha value is -2.31. The average Bonchev–Trinajstić information content (AvgIpc) is 2.69. The second-order valence-corrected chi connectivity index (χ2v) is 12.2. The van der Waals surface area contributed by atoms with Gasteiger partial charge in [-0.15, -0.1) is 0 Å². The molecule has 0 bridgehead atoms. The summed E-state index contributed by atoms with van der Waals surface area (Å²) in [6, 6.07) is 3.30. The number of methoxy groups -OCH3 is 1. The van der Waals surface area contributed by atoms with Gasteiger partial charge in [0.2, 0.25) is 0 Å². The SMILES string of the molecule is COc1c(Cl)cc(Cl)cc1C1C2=C(CC(C)(C)CC2=O)N(CCC(=O)O)C2=C1C(=O)CC(C)(C)C2. The van der Waals surface area contributed by atoms with E-state index in [1.54, 1.807) is 12.1 Å². The van der Waals surface area contributed by atoms with Crippen molar-refractivity contribution in [3.05, 3.63) is 50.3 Å². The number of allylic oxidation sites excluding steroid dienone is 4. The lowest BCUT2D eigenvalue weighted by Gasteiger charge is -2.49. The highest BCUT2D eigenvalue weighted by Crippen LogP contribution is 2.56. The Labute approximate surface area is 215 Å². The molecule has 35 heavy (non-hydrogen) atoms. The number of hydrogen-bond acceptors (Lipinski definition) is 5. The van der Waals surface area contributed by atoms with Crippen molar-refractivity contribution in [1.82, 2.24) is 4.90 Å². The minimum absolute atomic E-state index is 0.0519. The number of hydrogen-bond donors (Lipinski definition) is 1. The molecule has 0 saturated carbocycles. The molecule has 0 amide bonds. The third-order valence-corrected chi connectivity index (χ3v) is 7.62. The molecule has 1 heterocycles. The Morgan fingerprint density at radius 2 is 1.51 bits per heavy atom. The monoisotopic (exact) mass is 519 g/mol. The molecule has 188 valence electrons. The van der Waals surface area contributed by atoms with Crippen molar-refractivity contribution in [2.24, 2.45) is 10.8 Å². The molecule has 0 fully saturated rings. The number of carboxylic acids is 1. The maximum atomic E-state index is 13.7. The van der Waals surface area contributed by atoms with E-state index in [0.717, 1.165) is 11.4 Å². The molecule has 0 unspecified atom stereocenters. The lowest BCUT2D eigenvalue weighted by atomic mass is 9.63. The Morgan fingerprint density at radius 3 is 1.97 bits per heavy atom. The fourth-order valence-corrected chi connectivity index (χ4v) is 6.43. The van der Waals surface area contributed by atoms with Crippen LogP contribution in [0.4, 0.5) is 0 Å². The van der Waals surface area contributed by atoms with Crippen molar-refractivity contribution in [3.63, 3.8) is 0 Å². The van der Waals surface area contributed by atoms with Crippen molar-refractivity contribution in [3.8, 4) is 5.75 Å². The second-order valence-electron chi connectivity index (χ2n) is 11.3. The van der Waals surface area contributed by atoms with E-state index in [9.17, 15) is 19.5 Å². The first kappa shape index (κ1) is 25.8. The Bertz CT molecular complexity index is 1140. The summed E-state index contributed by atoms with van der Waals surface area (Å²) < 4.78 is 5.65. The van der Waals surface area contributed by atoms with Gasteiger partial charge < -0.3 is 14.7 Å². The Kier molecular flexibility index (Phi) is 6.60. The van der Waals surface area contributed by atoms with Gasteiger partial charge in [0.25, 0.3) is 0 Å². The molecule has 1 aromatic carbocycles. The van der Waals surface area contributed by atoms with E-state index in [1.807, 2.05) is 32.6 Å². The van der Waals surface area contributed by atoms with Crippen molar-refractivity contribution >= 4 is 40.7 Å². The van der Waals surface area contributed by atoms with Crippen LogP contribution in [0.15, 0.2) is 34.7 Å². The maximum Gasteiger partial charge on any atom is 0.305 e. The van der Waals surface area contributed by atoms with Crippen LogP contribution < -0.4 is 4.74 Å². The predicted octanol–water partition coefficient (Wildman–Crippen LogP) is 6.16. The fraction of sp³-hybridized carbons (Fsp3) is 0.519. The third-order valence-electron chi connectivity index (χ3n) is 7.12. The van der Waals surface area contributed by atoms with Crippen LogP contribution in [0, 0.1) is 10.8 Å². The molecule has 6 nitrogen and oxygen atoms in total. The molecule has 3 aliphatic rings. The number of benzene rings is 1. The number of carbonyl (C=O) groups is 3. The van der Waals surface area contributed by atoms with E-state index < -0.39 is 11.9 Å². The van der Waals surface area contributed by atoms with Gasteiger partial charge in [-0.1, -0.05) is 50.9 Å². The van der Waals surface area contributed by atoms with E-state index in [2.05, 4.69) is 0 Å². The van der Waals surface area contributed by atoms with Crippen LogP contribution in [-0.2, 0) is 14.4 Å². The van der Waals surface area contributed by atoms with Crippen LogP contribution >= 0.6 is 23.2 Å². The molecular formula is C27H31Cl2NO5. The zero-order chi connectivity index (χ0) is 25.9. The maximum absolute atomic E-state index is 13.7. The number of ketones is 2. The van der Waals surface area contributed by atoms with Gasteiger partial charge >= 0.3 is 5.97 Å². The molecular weight excluding hydrogens is 489 g/mol. The lowest BCUT2D eigenvalue weighted by Crippen LogP contribution is -2.45. The quantitative estimate of drug-likeness (QED) is 0.501. The van der Waals surface area contributed by atoms with Crippen LogP contribution in [-0.4, -0.2) is 41.2 Å². The molecule has 1 N–H and O–H groups in total. The molecule has 0 radical (unpaired) electrons. The summed E-state index contributed by atoms with van der Waals surface area (Å²) in [6.45, 7) is 8.34. The average molecular weight is 520 g/mol. The molecule has 0 atom stereocenters. The zero-order valence-corrected chi connectivity index (χ0v) is 22.3. The number of aliphatic carboxylic acids is 1. The van der Waals surface area contributed by atoms with Gasteiger partial charge in [-0.05, 0) is 35.8 Å². The van der Waals surface area contributed by atoms with Crippen molar-refractivity contribution in [1.29, 1.82) is 0 Å². The van der Waals surface area contributed by atoms with E-state index in [1.165, 1.54) is 7.11 Å². The van der Waals surface area contributed by atoms with Gasteiger partial charge in [-0.3, -0.25) is 14.4 Å². The molecule has 0 aromatic heterocycles. The molecule has 0 saturated heterocycles. The minimum Gasteiger partial charge on any atom is -0.495 e. The summed E-state index contributed by atoms with van der Waals surface area (Å²) in [6.07, 6.45) is 1.73. The van der Waals surface area contributed by atoms with Gasteiger partial charge in [0, 0.05) is 58.4 Å². The highest BCUT2D eigenvalue weighted by atomic mass is 35.5. The summed E-state index contributed by atoms with van der Waals surface area (Å²) >= 11 is 12.9. The first-order chi connectivity index (χ1) is 16.2. The number of carbonyl (C=O) groups excluding carboxylic acids is 2. The van der Waals surface area contributed by atoms with E-state index >= 15 is 0 Å². The van der Waals surface area contributed by atoms with Crippen LogP contribution in [0.2, 0.25) is 10.0 Å². The first-order valence-corrected chi connectivity index (χ1v) is 12.5. The molecule has 0 spiro atoms. The standard InChI is InChI=1S/C27H31Cl2NO5/c1-26(2)10-17-23(19(31)12-26)22(15-8-14(28)9-16(29)25(15)35-5)24-18(30(17)7-6-21(33)34)11-27(3,4)13-20(24)32/h8-9,22H,6-7,10-13H2,1-5H3,(H,33,34). The number of halogens is 2. The molecule has 1 aliphatic heterocycles. The van der Waals surface area contributed by atoms with Gasteiger partial charge in [0.05, 0.1) is 18.6 Å². The third kappa shape index (κ3) is 4.75. The number of carboxylic acid groups (broad SMARTS) is 1. The van der Waals surface area contributed by atoms with Crippen LogP contribution in [0.5, 0.6) is 5.75 Å². The normalized spacial score (nSPS) is 21.7. The predicted molar refractivity (Wildman–Crippen MR) is 135 cm³/mol. The molecule has 2 aliphatic carbocycles. The van der Waals surface area contributed by atoms with Crippen LogP contribution in [0.1, 0.15) is 71.3 Å². The Balaban J connectivity index is 2.05. The van der Waals surface area contributed by atoms with E-state index in [4.69, 9.17) is 27.9 Å². The summed E-state index contributed by atoms with van der Waals surface area (Å²) in [7, 11) is 1.50. The highest BCUT2D eigenvalue weighted by Gasteiger charge is 2.49. The van der Waals surface area contributed by atoms with Crippen LogP contribution in [0.25, 0.3) is 0 Å². The van der Waals surface area contributed by atoms with Crippen molar-refractivity contribution in [2.75, 3.05) is 13.7 Å². The first-order valence-electron chi connectivity index (χ1n) is 11.8. The number of Topliss-reactive ketones (excluding diaryl/α,β-unsaturated/α-hetero) is 2. The van der Waals surface area contributed by atoms with Gasteiger partial charge in [0.1, 0.15) is 5.75 Å². The summed E-state index contributed by atoms with van der Waals surface area (Å²) in [4.78, 5) is 41.0. The van der Waals surface area contributed by atoms with Crippen molar-refractivity contribution < 1.29 is 24.2 Å². The van der Waals surface area contributed by atoms with Gasteiger partial charge in [-0.25, -0.2) is 0 Å². The van der Waals surface area contributed by atoms with Gasteiger partial charge in [0.15, 0.2) is 11.6 Å². The lowest BCUT2D eigenvalue weighted by molar-refractivity contribution is -0.137. The zero-order valence-electron chi connectivity index (χ0n) is 20.8. The molecule has 4 rings (SSSR count). The number of rotatable bonds is 5. The van der Waals surface area contributed by atoms with E-state index in [-0.39, 0.29) is 35.4 Å². The van der Waals surface area contributed by atoms with E-state index in [0.29, 0.717) is 58.2 Å². The number of nitrogens with zero attached hydrogens (tertiary/aromatic N) is 1. The topological polar surface area (TPSA) is 83.9 Å².